The zero-order chi connectivity index (χ0) is 14.5. The Hall–Kier alpha value is -1.94. The summed E-state index contributed by atoms with van der Waals surface area (Å²) in [6.45, 7) is 1.89. The molecule has 0 aliphatic carbocycles. The van der Waals surface area contributed by atoms with Crippen LogP contribution in [0.4, 0.5) is 8.78 Å². The average Bonchev–Trinajstić information content (AvgIpc) is 2.48. The van der Waals surface area contributed by atoms with Gasteiger partial charge in [-0.2, -0.15) is 0 Å². The predicted molar refractivity (Wildman–Crippen MR) is 74.4 cm³/mol. The molecule has 2 unspecified atom stereocenters. The summed E-state index contributed by atoms with van der Waals surface area (Å²) >= 11 is 0. The fraction of sp³-hybridized carbons (Fsp3) is 0.250. The van der Waals surface area contributed by atoms with E-state index in [1.165, 1.54) is 0 Å². The lowest BCUT2D eigenvalue weighted by atomic mass is 10.0. The summed E-state index contributed by atoms with van der Waals surface area (Å²) < 4.78 is 32.3. The van der Waals surface area contributed by atoms with E-state index in [-0.39, 0.29) is 5.75 Å². The number of halogens is 2. The molecule has 106 valence electrons. The summed E-state index contributed by atoms with van der Waals surface area (Å²) in [7, 11) is 0. The third-order valence-electron chi connectivity index (χ3n) is 3.16. The van der Waals surface area contributed by atoms with E-state index < -0.39 is 23.8 Å². The predicted octanol–water partition coefficient (Wildman–Crippen LogP) is 3.82. The Labute approximate surface area is 117 Å². The topological polar surface area (TPSA) is 35.2 Å². The van der Waals surface area contributed by atoms with Gasteiger partial charge in [-0.3, -0.25) is 0 Å². The fourth-order valence-corrected chi connectivity index (χ4v) is 2.03. The van der Waals surface area contributed by atoms with Gasteiger partial charge >= 0.3 is 0 Å². The van der Waals surface area contributed by atoms with Crippen molar-refractivity contribution in [1.29, 1.82) is 0 Å². The smallest absolute Gasteiger partial charge is 0.165 e. The molecular formula is C16H17F2NO. The third-order valence-corrected chi connectivity index (χ3v) is 3.16. The van der Waals surface area contributed by atoms with Crippen molar-refractivity contribution < 1.29 is 13.5 Å². The van der Waals surface area contributed by atoms with Gasteiger partial charge < -0.3 is 10.5 Å². The molecule has 2 aromatic rings. The van der Waals surface area contributed by atoms with Crippen LogP contribution in [0.5, 0.6) is 5.75 Å². The van der Waals surface area contributed by atoms with Crippen LogP contribution in [0.1, 0.15) is 24.9 Å². The molecule has 0 saturated carbocycles. The van der Waals surface area contributed by atoms with Crippen LogP contribution in [0.2, 0.25) is 0 Å². The molecule has 2 atom stereocenters. The summed E-state index contributed by atoms with van der Waals surface area (Å²) in [5, 5.41) is 0. The van der Waals surface area contributed by atoms with Crippen LogP contribution in [0, 0.1) is 11.6 Å². The third kappa shape index (κ3) is 3.33. The van der Waals surface area contributed by atoms with Crippen LogP contribution in [0.25, 0.3) is 0 Å². The summed E-state index contributed by atoms with van der Waals surface area (Å²) in [4.78, 5) is 0. The van der Waals surface area contributed by atoms with Gasteiger partial charge in [0.15, 0.2) is 11.6 Å². The van der Waals surface area contributed by atoms with Gasteiger partial charge in [-0.15, -0.1) is 0 Å². The van der Waals surface area contributed by atoms with Gasteiger partial charge in [0.2, 0.25) is 0 Å². The molecular weight excluding hydrogens is 260 g/mol. The minimum atomic E-state index is -0.592. The molecule has 0 aromatic heterocycles. The Morgan fingerprint density at radius 1 is 1.10 bits per heavy atom. The lowest BCUT2D eigenvalue weighted by molar-refractivity contribution is 0.159. The minimum Gasteiger partial charge on any atom is -0.485 e. The first-order valence-corrected chi connectivity index (χ1v) is 6.54. The lowest BCUT2D eigenvalue weighted by Gasteiger charge is -2.24. The highest BCUT2D eigenvalue weighted by Crippen LogP contribution is 2.25. The second-order valence-corrected chi connectivity index (χ2v) is 4.58. The molecule has 4 heteroatoms. The van der Waals surface area contributed by atoms with Crippen molar-refractivity contribution in [2.45, 2.75) is 25.5 Å². The zero-order valence-electron chi connectivity index (χ0n) is 11.2. The number of ether oxygens (including phenoxy) is 1. The molecule has 0 amide bonds. The van der Waals surface area contributed by atoms with Crippen LogP contribution < -0.4 is 10.5 Å². The van der Waals surface area contributed by atoms with Crippen molar-refractivity contribution in [3.05, 3.63) is 65.7 Å². The maximum atomic E-state index is 13.6. The molecule has 2 nitrogen and oxygen atoms in total. The number of benzene rings is 2. The van der Waals surface area contributed by atoms with E-state index in [2.05, 4.69) is 0 Å². The van der Waals surface area contributed by atoms with Crippen LogP contribution >= 0.6 is 0 Å². The van der Waals surface area contributed by atoms with Gasteiger partial charge in [0.1, 0.15) is 11.9 Å². The maximum Gasteiger partial charge on any atom is 0.165 e. The average molecular weight is 277 g/mol. The van der Waals surface area contributed by atoms with Crippen molar-refractivity contribution in [1.82, 2.24) is 0 Å². The van der Waals surface area contributed by atoms with Crippen LogP contribution in [0.15, 0.2) is 48.5 Å². The number of rotatable bonds is 5. The van der Waals surface area contributed by atoms with Crippen molar-refractivity contribution in [3.8, 4) is 5.75 Å². The minimum absolute atomic E-state index is 0.108. The van der Waals surface area contributed by atoms with Gasteiger partial charge in [0.25, 0.3) is 0 Å². The number of hydrogen-bond donors (Lipinski definition) is 1. The summed E-state index contributed by atoms with van der Waals surface area (Å²) in [6.07, 6.45) is 0.167. The summed E-state index contributed by atoms with van der Waals surface area (Å²) in [5.41, 5.74) is 7.04. The molecule has 0 heterocycles. The normalized spacial score (nSPS) is 13.8. The SMILES string of the molecule is CCC(Oc1cc(F)ccc1F)C(N)c1ccccc1. The van der Waals surface area contributed by atoms with E-state index in [1.807, 2.05) is 37.3 Å². The van der Waals surface area contributed by atoms with E-state index in [1.54, 1.807) is 0 Å². The second-order valence-electron chi connectivity index (χ2n) is 4.58. The van der Waals surface area contributed by atoms with E-state index in [9.17, 15) is 8.78 Å². The van der Waals surface area contributed by atoms with Gasteiger partial charge in [-0.25, -0.2) is 8.78 Å². The largest absolute Gasteiger partial charge is 0.485 e. The van der Waals surface area contributed by atoms with Crippen molar-refractivity contribution in [3.63, 3.8) is 0 Å². The van der Waals surface area contributed by atoms with E-state index >= 15 is 0 Å². The molecule has 0 spiro atoms. The molecule has 2 aromatic carbocycles. The van der Waals surface area contributed by atoms with Gasteiger partial charge in [-0.1, -0.05) is 37.3 Å². The highest BCUT2D eigenvalue weighted by molar-refractivity contribution is 5.26. The first kappa shape index (κ1) is 14.5. The Morgan fingerprint density at radius 3 is 2.45 bits per heavy atom. The number of nitrogens with two attached hydrogens (primary N) is 1. The molecule has 0 radical (unpaired) electrons. The number of hydrogen-bond acceptors (Lipinski definition) is 2. The van der Waals surface area contributed by atoms with Crippen LogP contribution in [-0.2, 0) is 0 Å². The van der Waals surface area contributed by atoms with Crippen molar-refractivity contribution in [2.24, 2.45) is 5.73 Å². The lowest BCUT2D eigenvalue weighted by Crippen LogP contribution is -2.31. The first-order valence-electron chi connectivity index (χ1n) is 6.54. The Bertz CT molecular complexity index is 560. The standard InChI is InChI=1S/C16H17F2NO/c1-2-14(16(19)11-6-4-3-5-7-11)20-15-10-12(17)8-9-13(15)18/h3-10,14,16H,2,19H2,1H3. The molecule has 0 fully saturated rings. The maximum absolute atomic E-state index is 13.6. The van der Waals surface area contributed by atoms with E-state index in [0.717, 1.165) is 23.8 Å². The summed E-state index contributed by atoms with van der Waals surface area (Å²) in [6, 6.07) is 12.2. The Balaban J connectivity index is 2.18. The Kier molecular flexibility index (Phi) is 4.69. The first-order chi connectivity index (χ1) is 9.61. The summed E-state index contributed by atoms with van der Waals surface area (Å²) in [5.74, 6) is -1.24. The quantitative estimate of drug-likeness (QED) is 0.901. The molecule has 2 rings (SSSR count). The monoisotopic (exact) mass is 277 g/mol. The van der Waals surface area contributed by atoms with Gasteiger partial charge in [0.05, 0.1) is 6.04 Å². The van der Waals surface area contributed by atoms with E-state index in [4.69, 9.17) is 10.5 Å². The van der Waals surface area contributed by atoms with Crippen LogP contribution in [-0.4, -0.2) is 6.10 Å². The Morgan fingerprint density at radius 2 is 1.80 bits per heavy atom. The van der Waals surface area contributed by atoms with Crippen molar-refractivity contribution >= 4 is 0 Å². The molecule has 0 saturated heterocycles. The van der Waals surface area contributed by atoms with Crippen LogP contribution in [0.3, 0.4) is 0 Å². The fourth-order valence-electron chi connectivity index (χ4n) is 2.03. The molecule has 2 N–H and O–H groups in total. The highest BCUT2D eigenvalue weighted by atomic mass is 19.1. The zero-order valence-corrected chi connectivity index (χ0v) is 11.2. The van der Waals surface area contributed by atoms with Gasteiger partial charge in [-0.05, 0) is 24.1 Å². The molecule has 20 heavy (non-hydrogen) atoms. The molecule has 0 bridgehead atoms. The molecule has 0 aliphatic rings. The van der Waals surface area contributed by atoms with Gasteiger partial charge in [0, 0.05) is 6.07 Å². The second kappa shape index (κ2) is 6.48. The molecule has 0 aliphatic heterocycles. The highest BCUT2D eigenvalue weighted by Gasteiger charge is 2.21. The van der Waals surface area contributed by atoms with E-state index in [0.29, 0.717) is 6.42 Å². The van der Waals surface area contributed by atoms with Crippen molar-refractivity contribution in [2.75, 3.05) is 0 Å².